The zero-order chi connectivity index (χ0) is 26.2. The number of hydrogen-bond donors (Lipinski definition) is 2. The summed E-state index contributed by atoms with van der Waals surface area (Å²) in [5.74, 6) is -0.289. The van der Waals surface area contributed by atoms with E-state index in [2.05, 4.69) is 10.3 Å². The number of rotatable bonds is 5. The fourth-order valence-electron chi connectivity index (χ4n) is 4.91. The molecule has 36 heavy (non-hydrogen) atoms. The number of piperidine rings is 1. The van der Waals surface area contributed by atoms with Gasteiger partial charge in [0, 0.05) is 48.6 Å². The Hall–Kier alpha value is -3.42. The van der Waals surface area contributed by atoms with E-state index in [9.17, 15) is 18.8 Å². The molecule has 0 bridgehead atoms. The lowest BCUT2D eigenvalue weighted by Gasteiger charge is -2.33. The van der Waals surface area contributed by atoms with Gasteiger partial charge in [0.05, 0.1) is 5.57 Å². The predicted octanol–water partition coefficient (Wildman–Crippen LogP) is 5.41. The monoisotopic (exact) mass is 495 g/mol. The van der Waals surface area contributed by atoms with Crippen LogP contribution >= 0.6 is 0 Å². The lowest BCUT2D eigenvalue weighted by molar-refractivity contribution is -0.119. The van der Waals surface area contributed by atoms with Crippen molar-refractivity contribution in [3.8, 4) is 0 Å². The molecule has 1 saturated heterocycles. The second-order valence-corrected chi connectivity index (χ2v) is 10.8. The minimum Gasteiger partial charge on any atom is -0.444 e. The SMILES string of the molecule is Cc1[nH]c(/C=C2\C(=O)Nc3ccc(F)cc32)c(C)c1CC(=O)CC1CCN(C(=O)OC(C)(C)C)CC1. The average Bonchev–Trinajstić information content (AvgIpc) is 3.23. The number of aromatic nitrogens is 1. The Morgan fingerprint density at radius 3 is 2.56 bits per heavy atom. The summed E-state index contributed by atoms with van der Waals surface area (Å²) >= 11 is 0. The average molecular weight is 496 g/mol. The molecule has 1 aromatic heterocycles. The zero-order valence-corrected chi connectivity index (χ0v) is 21.6. The first-order valence-electron chi connectivity index (χ1n) is 12.4. The van der Waals surface area contributed by atoms with Gasteiger partial charge < -0.3 is 19.9 Å². The molecule has 2 amide bonds. The van der Waals surface area contributed by atoms with Gasteiger partial charge in [-0.2, -0.15) is 0 Å². The third-order valence-electron chi connectivity index (χ3n) is 6.84. The van der Waals surface area contributed by atoms with Gasteiger partial charge in [0.2, 0.25) is 0 Å². The minimum atomic E-state index is -0.522. The second-order valence-electron chi connectivity index (χ2n) is 10.8. The highest BCUT2D eigenvalue weighted by atomic mass is 19.1. The summed E-state index contributed by atoms with van der Waals surface area (Å²) in [5.41, 5.74) is 4.44. The zero-order valence-electron chi connectivity index (χ0n) is 21.6. The van der Waals surface area contributed by atoms with Crippen LogP contribution in [0.5, 0.6) is 0 Å². The molecule has 4 rings (SSSR count). The van der Waals surface area contributed by atoms with E-state index in [4.69, 9.17) is 4.74 Å². The van der Waals surface area contributed by atoms with E-state index in [0.717, 1.165) is 35.4 Å². The molecule has 8 heteroatoms. The summed E-state index contributed by atoms with van der Waals surface area (Å²) in [5, 5.41) is 2.76. The molecule has 2 aliphatic heterocycles. The summed E-state index contributed by atoms with van der Waals surface area (Å²) in [6.45, 7) is 10.6. The van der Waals surface area contributed by atoms with Crippen molar-refractivity contribution in [2.75, 3.05) is 18.4 Å². The third-order valence-corrected chi connectivity index (χ3v) is 6.84. The first-order valence-corrected chi connectivity index (χ1v) is 12.4. The smallest absolute Gasteiger partial charge is 0.410 e. The van der Waals surface area contributed by atoms with Gasteiger partial charge in [-0.15, -0.1) is 0 Å². The third kappa shape index (κ3) is 5.69. The van der Waals surface area contributed by atoms with Crippen molar-refractivity contribution in [3.05, 3.63) is 52.1 Å². The van der Waals surface area contributed by atoms with Crippen LogP contribution < -0.4 is 5.32 Å². The van der Waals surface area contributed by atoms with Crippen molar-refractivity contribution < 1.29 is 23.5 Å². The number of nitrogens with zero attached hydrogens (tertiary/aromatic N) is 1. The molecule has 1 aromatic carbocycles. The van der Waals surface area contributed by atoms with E-state index in [1.165, 1.54) is 12.1 Å². The minimum absolute atomic E-state index is 0.154. The summed E-state index contributed by atoms with van der Waals surface area (Å²) in [7, 11) is 0. The number of ketones is 1. The fourth-order valence-corrected chi connectivity index (χ4v) is 4.91. The molecule has 0 radical (unpaired) electrons. The van der Waals surface area contributed by atoms with E-state index in [0.29, 0.717) is 42.8 Å². The molecule has 3 heterocycles. The van der Waals surface area contributed by atoms with Crippen LogP contribution in [0, 0.1) is 25.6 Å². The summed E-state index contributed by atoms with van der Waals surface area (Å²) in [6, 6.07) is 4.22. The first kappa shape index (κ1) is 25.7. The Morgan fingerprint density at radius 1 is 1.19 bits per heavy atom. The van der Waals surface area contributed by atoms with Crippen molar-refractivity contribution in [2.45, 2.75) is 65.9 Å². The van der Waals surface area contributed by atoms with Gasteiger partial charge in [-0.05, 0) is 88.8 Å². The number of nitrogens with one attached hydrogen (secondary N) is 2. The van der Waals surface area contributed by atoms with Crippen molar-refractivity contribution in [1.82, 2.24) is 9.88 Å². The highest BCUT2D eigenvalue weighted by Gasteiger charge is 2.29. The second kappa shape index (κ2) is 9.91. The number of likely N-dealkylation sites (tertiary alicyclic amines) is 1. The Morgan fingerprint density at radius 2 is 1.89 bits per heavy atom. The Labute approximate surface area is 211 Å². The molecule has 192 valence electrons. The summed E-state index contributed by atoms with van der Waals surface area (Å²) in [6.07, 6.45) is 3.76. The molecule has 0 saturated carbocycles. The Kier molecular flexibility index (Phi) is 7.07. The van der Waals surface area contributed by atoms with Crippen LogP contribution in [-0.2, 0) is 20.7 Å². The van der Waals surface area contributed by atoms with Gasteiger partial charge in [0.15, 0.2) is 0 Å². The number of ether oxygens (including phenoxy) is 1. The summed E-state index contributed by atoms with van der Waals surface area (Å²) in [4.78, 5) is 42.7. The van der Waals surface area contributed by atoms with Gasteiger partial charge in [-0.25, -0.2) is 9.18 Å². The van der Waals surface area contributed by atoms with Crippen LogP contribution in [0.1, 0.15) is 68.1 Å². The highest BCUT2D eigenvalue weighted by Crippen LogP contribution is 2.34. The number of hydrogen-bond acceptors (Lipinski definition) is 4. The maximum atomic E-state index is 13.8. The van der Waals surface area contributed by atoms with Gasteiger partial charge in [0.25, 0.3) is 5.91 Å². The van der Waals surface area contributed by atoms with E-state index in [1.54, 1.807) is 17.0 Å². The molecule has 2 aliphatic rings. The first-order chi connectivity index (χ1) is 16.9. The van der Waals surface area contributed by atoms with E-state index >= 15 is 0 Å². The van der Waals surface area contributed by atoms with Crippen molar-refractivity contribution in [2.24, 2.45) is 5.92 Å². The number of carbonyl (C=O) groups excluding carboxylic acids is 3. The van der Waals surface area contributed by atoms with Crippen LogP contribution in [0.4, 0.5) is 14.9 Å². The van der Waals surface area contributed by atoms with Gasteiger partial charge in [0.1, 0.15) is 17.2 Å². The molecule has 0 atom stereocenters. The Bertz CT molecular complexity index is 1230. The number of H-pyrrole nitrogens is 1. The largest absolute Gasteiger partial charge is 0.444 e. The maximum Gasteiger partial charge on any atom is 0.410 e. The number of carbonyl (C=O) groups is 3. The van der Waals surface area contributed by atoms with E-state index in [-0.39, 0.29) is 23.7 Å². The van der Waals surface area contributed by atoms with Crippen LogP contribution in [0.2, 0.25) is 0 Å². The van der Waals surface area contributed by atoms with Crippen molar-refractivity contribution in [3.63, 3.8) is 0 Å². The number of halogens is 1. The number of aryl methyl sites for hydroxylation is 1. The van der Waals surface area contributed by atoms with Crippen LogP contribution in [0.15, 0.2) is 18.2 Å². The standard InChI is InChI=1S/C28H34FN3O4/c1-16-21(14-20(33)12-18-8-10-32(11-9-18)27(35)36-28(3,4)5)17(2)30-25(16)15-23-22-13-19(29)6-7-24(22)31-26(23)34/h6-7,13,15,18,30H,8-12,14H2,1-5H3,(H,31,34)/b23-15-. The van der Waals surface area contributed by atoms with Gasteiger partial charge in [-0.1, -0.05) is 0 Å². The number of fused-ring (bicyclic) bond motifs is 1. The number of amides is 2. The van der Waals surface area contributed by atoms with E-state index in [1.807, 2.05) is 34.6 Å². The van der Waals surface area contributed by atoms with Crippen molar-refractivity contribution >= 4 is 35.1 Å². The highest BCUT2D eigenvalue weighted by molar-refractivity contribution is 6.34. The molecule has 7 nitrogen and oxygen atoms in total. The normalized spacial score (nSPS) is 17.3. The molecular weight excluding hydrogens is 461 g/mol. The lowest BCUT2D eigenvalue weighted by Crippen LogP contribution is -2.42. The topological polar surface area (TPSA) is 91.5 Å². The van der Waals surface area contributed by atoms with Crippen LogP contribution in [0.25, 0.3) is 11.6 Å². The van der Waals surface area contributed by atoms with Crippen molar-refractivity contribution in [1.29, 1.82) is 0 Å². The Balaban J connectivity index is 1.39. The number of Topliss-reactive ketones (excluding diaryl/α,β-unsaturated/α-hetero) is 1. The van der Waals surface area contributed by atoms with Gasteiger partial charge in [-0.3, -0.25) is 9.59 Å². The van der Waals surface area contributed by atoms with Gasteiger partial charge >= 0.3 is 6.09 Å². The molecule has 0 spiro atoms. The fraction of sp³-hybridized carbons (Fsp3) is 0.464. The van der Waals surface area contributed by atoms with E-state index < -0.39 is 11.4 Å². The quantitative estimate of drug-likeness (QED) is 0.543. The van der Waals surface area contributed by atoms with Crippen LogP contribution in [-0.4, -0.2) is 46.4 Å². The maximum absolute atomic E-state index is 13.8. The molecule has 2 N–H and O–H groups in total. The lowest BCUT2D eigenvalue weighted by atomic mass is 9.89. The van der Waals surface area contributed by atoms with Crippen LogP contribution in [0.3, 0.4) is 0 Å². The molecule has 0 aliphatic carbocycles. The molecular formula is C28H34FN3O4. The predicted molar refractivity (Wildman–Crippen MR) is 137 cm³/mol. The number of anilines is 1. The number of benzene rings is 1. The summed E-state index contributed by atoms with van der Waals surface area (Å²) < 4.78 is 19.2. The number of aromatic amines is 1. The molecule has 1 fully saturated rings. The molecule has 0 unspecified atom stereocenters. The molecule has 2 aromatic rings.